The smallest absolute Gasteiger partial charge is 0.307 e. The molecule has 1 aromatic rings. The maximum absolute atomic E-state index is 11.9. The van der Waals surface area contributed by atoms with Crippen LogP contribution in [0.1, 0.15) is 19.4 Å². The third-order valence-electron chi connectivity index (χ3n) is 3.21. The quantitative estimate of drug-likeness (QED) is 0.666. The molecule has 1 aliphatic heterocycles. The average molecular weight is 285 g/mol. The molecule has 0 bridgehead atoms. The minimum absolute atomic E-state index is 0.189. The number of hydrogen-bond donors (Lipinski definition) is 4. The van der Waals surface area contributed by atoms with Gasteiger partial charge in [0.1, 0.15) is 4.75 Å². The highest BCUT2D eigenvalue weighted by Gasteiger charge is 2.47. The van der Waals surface area contributed by atoms with E-state index in [-0.39, 0.29) is 17.0 Å². The van der Waals surface area contributed by atoms with Gasteiger partial charge < -0.3 is 10.4 Å². The lowest BCUT2D eigenvalue weighted by Crippen LogP contribution is -2.45. The van der Waals surface area contributed by atoms with Crippen molar-refractivity contribution in [2.45, 2.75) is 29.9 Å². The van der Waals surface area contributed by atoms with Gasteiger partial charge in [0, 0.05) is 0 Å². The van der Waals surface area contributed by atoms with Gasteiger partial charge in [0.15, 0.2) is 0 Å². The number of aliphatic carboxylic acids is 1. The fraction of sp³-hybridized carbons (Fsp3) is 0.333. The second-order valence-corrected chi connectivity index (χ2v) is 7.47. The van der Waals surface area contributed by atoms with Crippen molar-refractivity contribution in [3.05, 3.63) is 23.8 Å². The van der Waals surface area contributed by atoms with Crippen LogP contribution in [0.2, 0.25) is 0 Å². The minimum Gasteiger partial charge on any atom is -0.481 e. The Morgan fingerprint density at radius 2 is 2.00 bits per heavy atom. The summed E-state index contributed by atoms with van der Waals surface area (Å²) in [5, 5.41) is 11.3. The Morgan fingerprint density at radius 1 is 1.37 bits per heavy atom. The van der Waals surface area contributed by atoms with Gasteiger partial charge in [-0.15, -0.1) is 0 Å². The molecular weight excluding hydrogens is 270 g/mol. The standard InChI is InChI=1S/C12H15NO5S/c1-12(2)11(16)13-8-5-7(6-10(14)15)3-4-9(8)19(12,17)18/h3-5,17-18H,6H2,1-2H3,(H,13,16)(H,14,15). The zero-order valence-corrected chi connectivity index (χ0v) is 11.3. The van der Waals surface area contributed by atoms with Gasteiger partial charge in [-0.2, -0.15) is 10.6 Å². The fourth-order valence-electron chi connectivity index (χ4n) is 1.88. The predicted molar refractivity (Wildman–Crippen MR) is 71.6 cm³/mol. The number of hydrogen-bond acceptors (Lipinski definition) is 4. The average Bonchev–Trinajstić information content (AvgIpc) is 2.26. The Bertz CT molecular complexity index is 567. The number of carbonyl (C=O) groups excluding carboxylic acids is 1. The second kappa shape index (κ2) is 4.22. The molecule has 0 aliphatic carbocycles. The van der Waals surface area contributed by atoms with Crippen LogP contribution in [0.3, 0.4) is 0 Å². The number of nitrogens with one attached hydrogen (secondary N) is 1. The highest BCUT2D eigenvalue weighted by atomic mass is 32.3. The first-order valence-electron chi connectivity index (χ1n) is 5.60. The minimum atomic E-state index is -3.27. The Kier molecular flexibility index (Phi) is 3.08. The number of carboxylic acids is 1. The highest BCUT2D eigenvalue weighted by molar-refractivity contribution is 8.26. The Balaban J connectivity index is 2.52. The van der Waals surface area contributed by atoms with Gasteiger partial charge in [-0.3, -0.25) is 18.7 Å². The maximum atomic E-state index is 11.9. The van der Waals surface area contributed by atoms with Crippen molar-refractivity contribution in [2.24, 2.45) is 0 Å². The molecule has 0 radical (unpaired) electrons. The molecule has 104 valence electrons. The predicted octanol–water partition coefficient (Wildman–Crippen LogP) is 2.15. The number of benzene rings is 1. The molecular formula is C12H15NO5S. The van der Waals surface area contributed by atoms with E-state index >= 15 is 0 Å². The monoisotopic (exact) mass is 285 g/mol. The molecule has 0 atom stereocenters. The van der Waals surface area contributed by atoms with E-state index in [1.165, 1.54) is 32.0 Å². The van der Waals surface area contributed by atoms with E-state index in [4.69, 9.17) is 5.11 Å². The second-order valence-electron chi connectivity index (χ2n) is 4.91. The number of anilines is 1. The molecule has 1 aromatic carbocycles. The van der Waals surface area contributed by atoms with Crippen molar-refractivity contribution in [2.75, 3.05) is 5.32 Å². The fourth-order valence-corrected chi connectivity index (χ4v) is 3.42. The molecule has 4 N–H and O–H groups in total. The molecule has 0 spiro atoms. The third kappa shape index (κ3) is 2.09. The third-order valence-corrected chi connectivity index (χ3v) is 5.79. The van der Waals surface area contributed by atoms with Gasteiger partial charge in [0.25, 0.3) is 0 Å². The molecule has 0 aromatic heterocycles. The summed E-state index contributed by atoms with van der Waals surface area (Å²) in [6.07, 6.45) is -0.189. The lowest BCUT2D eigenvalue weighted by molar-refractivity contribution is -0.136. The molecule has 7 heteroatoms. The van der Waals surface area contributed by atoms with Crippen LogP contribution in [0.4, 0.5) is 5.69 Å². The number of fused-ring (bicyclic) bond motifs is 1. The van der Waals surface area contributed by atoms with Gasteiger partial charge in [0.2, 0.25) is 5.91 Å². The van der Waals surface area contributed by atoms with Crippen LogP contribution in [0.5, 0.6) is 0 Å². The van der Waals surface area contributed by atoms with E-state index < -0.39 is 27.2 Å². The van der Waals surface area contributed by atoms with Crippen LogP contribution in [0, 0.1) is 0 Å². The van der Waals surface area contributed by atoms with Crippen molar-refractivity contribution in [1.82, 2.24) is 0 Å². The van der Waals surface area contributed by atoms with Crippen LogP contribution in [0.25, 0.3) is 0 Å². The van der Waals surface area contributed by atoms with Crippen molar-refractivity contribution in [3.63, 3.8) is 0 Å². The van der Waals surface area contributed by atoms with Crippen LogP contribution in [-0.4, -0.2) is 30.8 Å². The number of carboxylic acid groups (broad SMARTS) is 1. The topological polar surface area (TPSA) is 107 Å². The van der Waals surface area contributed by atoms with E-state index in [1.54, 1.807) is 0 Å². The van der Waals surface area contributed by atoms with E-state index in [0.29, 0.717) is 5.56 Å². The summed E-state index contributed by atoms with van der Waals surface area (Å²) < 4.78 is 19.2. The number of carbonyl (C=O) groups is 2. The van der Waals surface area contributed by atoms with E-state index in [2.05, 4.69) is 5.32 Å². The Morgan fingerprint density at radius 3 is 2.58 bits per heavy atom. The van der Waals surface area contributed by atoms with Crippen LogP contribution in [-0.2, 0) is 16.0 Å². The molecule has 0 saturated heterocycles. The Labute approximate surface area is 111 Å². The number of rotatable bonds is 2. The van der Waals surface area contributed by atoms with Crippen molar-refractivity contribution in [3.8, 4) is 0 Å². The van der Waals surface area contributed by atoms with Crippen molar-refractivity contribution >= 4 is 28.2 Å². The summed E-state index contributed by atoms with van der Waals surface area (Å²) in [4.78, 5) is 22.8. The van der Waals surface area contributed by atoms with Crippen LogP contribution >= 0.6 is 10.6 Å². The molecule has 1 aliphatic rings. The summed E-state index contributed by atoms with van der Waals surface area (Å²) in [6, 6.07) is 4.45. The normalized spacial score (nSPS) is 21.2. The molecule has 0 unspecified atom stereocenters. The maximum Gasteiger partial charge on any atom is 0.307 e. The van der Waals surface area contributed by atoms with Crippen molar-refractivity contribution in [1.29, 1.82) is 0 Å². The molecule has 1 amide bonds. The zero-order valence-electron chi connectivity index (χ0n) is 10.5. The Hall–Kier alpha value is -1.57. The summed E-state index contributed by atoms with van der Waals surface area (Å²) in [6.45, 7) is 2.93. The highest BCUT2D eigenvalue weighted by Crippen LogP contribution is 2.63. The first-order valence-corrected chi connectivity index (χ1v) is 7.15. The van der Waals surface area contributed by atoms with Gasteiger partial charge in [0.05, 0.1) is 17.0 Å². The zero-order chi connectivity index (χ0) is 14.4. The molecule has 0 saturated carbocycles. The largest absolute Gasteiger partial charge is 0.481 e. The summed E-state index contributed by atoms with van der Waals surface area (Å²) >= 11 is 0. The van der Waals surface area contributed by atoms with E-state index in [0.717, 1.165) is 0 Å². The van der Waals surface area contributed by atoms with Gasteiger partial charge >= 0.3 is 5.97 Å². The SMILES string of the molecule is CC1(C)C(=O)Nc2cc(CC(=O)O)ccc2S1(O)O. The lowest BCUT2D eigenvalue weighted by atomic mass is 10.1. The summed E-state index contributed by atoms with van der Waals surface area (Å²) in [5.41, 5.74) is 0.754. The van der Waals surface area contributed by atoms with E-state index in [1.807, 2.05) is 0 Å². The summed E-state index contributed by atoms with van der Waals surface area (Å²) in [7, 11) is -3.27. The van der Waals surface area contributed by atoms with E-state index in [9.17, 15) is 18.7 Å². The van der Waals surface area contributed by atoms with Gasteiger partial charge in [-0.25, -0.2) is 0 Å². The van der Waals surface area contributed by atoms with Crippen LogP contribution < -0.4 is 5.32 Å². The molecule has 2 rings (SSSR count). The molecule has 6 nitrogen and oxygen atoms in total. The molecule has 19 heavy (non-hydrogen) atoms. The summed E-state index contributed by atoms with van der Waals surface area (Å²) in [5.74, 6) is -1.48. The molecule has 1 heterocycles. The first kappa shape index (κ1) is 13.9. The molecule has 0 fully saturated rings. The number of amides is 1. The first-order chi connectivity index (χ1) is 8.66. The van der Waals surface area contributed by atoms with Gasteiger partial charge in [-0.05, 0) is 31.5 Å². The lowest BCUT2D eigenvalue weighted by Gasteiger charge is -2.49. The van der Waals surface area contributed by atoms with Crippen molar-refractivity contribution < 1.29 is 23.8 Å². The van der Waals surface area contributed by atoms with Gasteiger partial charge in [-0.1, -0.05) is 6.07 Å². The van der Waals surface area contributed by atoms with Crippen LogP contribution in [0.15, 0.2) is 23.1 Å².